The second-order valence-corrected chi connectivity index (χ2v) is 4.42. The Morgan fingerprint density at radius 3 is 2.68 bits per heavy atom. The van der Waals surface area contributed by atoms with Crippen LogP contribution in [-0.2, 0) is 9.59 Å². The number of benzene rings is 1. The quantitative estimate of drug-likeness (QED) is 0.829. The van der Waals surface area contributed by atoms with Crippen molar-refractivity contribution in [2.45, 2.75) is 13.3 Å². The highest BCUT2D eigenvalue weighted by Crippen LogP contribution is 2.26. The zero-order chi connectivity index (χ0) is 13.8. The van der Waals surface area contributed by atoms with Gasteiger partial charge < -0.3 is 15.0 Å². The van der Waals surface area contributed by atoms with Crippen LogP contribution in [0.1, 0.15) is 13.3 Å². The zero-order valence-corrected chi connectivity index (χ0v) is 11.2. The van der Waals surface area contributed by atoms with E-state index in [1.165, 1.54) is 0 Å². The minimum atomic E-state index is -0.554. The molecule has 5 nitrogen and oxygen atoms in total. The van der Waals surface area contributed by atoms with Gasteiger partial charge >= 0.3 is 0 Å². The van der Waals surface area contributed by atoms with Gasteiger partial charge in [0.15, 0.2) is 0 Å². The van der Waals surface area contributed by atoms with E-state index in [9.17, 15) is 9.59 Å². The molecule has 1 fully saturated rings. The molecule has 0 radical (unpaired) electrons. The van der Waals surface area contributed by atoms with Gasteiger partial charge in [-0.2, -0.15) is 0 Å². The molecule has 1 aliphatic heterocycles. The fraction of sp³-hybridized carbons (Fsp3) is 0.429. The molecule has 5 heteroatoms. The van der Waals surface area contributed by atoms with E-state index in [1.54, 1.807) is 12.0 Å². The SMILES string of the molecule is CCNC(=O)C1CCN(c2ccc(OC)cc2)C1=O. The molecule has 0 aliphatic carbocycles. The molecule has 2 rings (SSSR count). The smallest absolute Gasteiger partial charge is 0.239 e. The Labute approximate surface area is 112 Å². The minimum Gasteiger partial charge on any atom is -0.497 e. The van der Waals surface area contributed by atoms with Gasteiger partial charge in [-0.15, -0.1) is 0 Å². The number of nitrogens with zero attached hydrogens (tertiary/aromatic N) is 1. The molecular formula is C14H18N2O3. The van der Waals surface area contributed by atoms with Gasteiger partial charge in [0.05, 0.1) is 7.11 Å². The summed E-state index contributed by atoms with van der Waals surface area (Å²) in [6, 6.07) is 7.28. The summed E-state index contributed by atoms with van der Waals surface area (Å²) in [6.45, 7) is 2.97. The van der Waals surface area contributed by atoms with Gasteiger partial charge in [0.25, 0.3) is 0 Å². The number of methoxy groups -OCH3 is 1. The highest BCUT2D eigenvalue weighted by Gasteiger charge is 2.37. The molecular weight excluding hydrogens is 244 g/mol. The molecule has 1 saturated heterocycles. The van der Waals surface area contributed by atoms with Crippen molar-refractivity contribution < 1.29 is 14.3 Å². The van der Waals surface area contributed by atoms with Crippen molar-refractivity contribution in [1.29, 1.82) is 0 Å². The Balaban J connectivity index is 2.10. The zero-order valence-electron chi connectivity index (χ0n) is 11.2. The van der Waals surface area contributed by atoms with Crippen molar-refractivity contribution in [1.82, 2.24) is 5.32 Å². The fourth-order valence-electron chi connectivity index (χ4n) is 2.24. The predicted molar refractivity (Wildman–Crippen MR) is 72.1 cm³/mol. The lowest BCUT2D eigenvalue weighted by Crippen LogP contribution is -2.36. The second-order valence-electron chi connectivity index (χ2n) is 4.42. The van der Waals surface area contributed by atoms with E-state index in [4.69, 9.17) is 4.74 Å². The average molecular weight is 262 g/mol. The Bertz CT molecular complexity index is 470. The summed E-state index contributed by atoms with van der Waals surface area (Å²) in [5, 5.41) is 2.70. The lowest BCUT2D eigenvalue weighted by Gasteiger charge is -2.17. The third-order valence-electron chi connectivity index (χ3n) is 3.26. The molecule has 19 heavy (non-hydrogen) atoms. The van der Waals surface area contributed by atoms with Gasteiger partial charge in [-0.1, -0.05) is 0 Å². The molecule has 1 heterocycles. The highest BCUT2D eigenvalue weighted by molar-refractivity contribution is 6.09. The van der Waals surface area contributed by atoms with Crippen molar-refractivity contribution >= 4 is 17.5 Å². The highest BCUT2D eigenvalue weighted by atomic mass is 16.5. The third-order valence-corrected chi connectivity index (χ3v) is 3.26. The van der Waals surface area contributed by atoms with Gasteiger partial charge in [0.1, 0.15) is 11.7 Å². The number of hydrogen-bond donors (Lipinski definition) is 1. The molecule has 1 atom stereocenters. The van der Waals surface area contributed by atoms with Crippen LogP contribution in [0.4, 0.5) is 5.69 Å². The van der Waals surface area contributed by atoms with Gasteiger partial charge in [-0.25, -0.2) is 0 Å². The number of ether oxygens (including phenoxy) is 1. The molecule has 2 amide bonds. The number of carbonyl (C=O) groups is 2. The first-order valence-corrected chi connectivity index (χ1v) is 6.40. The number of rotatable bonds is 4. The summed E-state index contributed by atoms with van der Waals surface area (Å²) in [7, 11) is 1.60. The molecule has 0 bridgehead atoms. The Morgan fingerprint density at radius 1 is 1.42 bits per heavy atom. The lowest BCUT2D eigenvalue weighted by atomic mass is 10.1. The Morgan fingerprint density at radius 2 is 2.11 bits per heavy atom. The van der Waals surface area contributed by atoms with Crippen LogP contribution < -0.4 is 15.0 Å². The number of amides is 2. The van der Waals surface area contributed by atoms with Crippen molar-refractivity contribution in [2.24, 2.45) is 5.92 Å². The predicted octanol–water partition coefficient (Wildman–Crippen LogP) is 1.18. The number of anilines is 1. The van der Waals surface area contributed by atoms with E-state index in [1.807, 2.05) is 31.2 Å². The maximum absolute atomic E-state index is 12.2. The summed E-state index contributed by atoms with van der Waals surface area (Å²) in [5.74, 6) is -0.114. The summed E-state index contributed by atoms with van der Waals surface area (Å²) >= 11 is 0. The Kier molecular flexibility index (Phi) is 4.04. The number of hydrogen-bond acceptors (Lipinski definition) is 3. The van der Waals surface area contributed by atoms with Crippen molar-refractivity contribution in [3.63, 3.8) is 0 Å². The van der Waals surface area contributed by atoms with E-state index in [0.717, 1.165) is 11.4 Å². The summed E-state index contributed by atoms with van der Waals surface area (Å²) in [4.78, 5) is 25.6. The Hall–Kier alpha value is -2.04. The molecule has 0 aromatic heterocycles. The second kappa shape index (κ2) is 5.73. The largest absolute Gasteiger partial charge is 0.497 e. The van der Waals surface area contributed by atoms with Crippen LogP contribution in [0.5, 0.6) is 5.75 Å². The lowest BCUT2D eigenvalue weighted by molar-refractivity contribution is -0.132. The molecule has 1 unspecified atom stereocenters. The molecule has 1 aromatic rings. The van der Waals surface area contributed by atoms with E-state index < -0.39 is 5.92 Å². The van der Waals surface area contributed by atoms with Gasteiger partial charge in [0, 0.05) is 18.8 Å². The van der Waals surface area contributed by atoms with Crippen molar-refractivity contribution in [2.75, 3.05) is 25.1 Å². The van der Waals surface area contributed by atoms with Gasteiger partial charge in [0.2, 0.25) is 11.8 Å². The van der Waals surface area contributed by atoms with Crippen LogP contribution in [0.2, 0.25) is 0 Å². The van der Waals surface area contributed by atoms with Crippen LogP contribution in [0.3, 0.4) is 0 Å². The molecule has 0 saturated carbocycles. The van der Waals surface area contributed by atoms with E-state index in [-0.39, 0.29) is 11.8 Å². The standard InChI is InChI=1S/C14H18N2O3/c1-3-15-13(17)12-8-9-16(14(12)18)10-4-6-11(19-2)7-5-10/h4-7,12H,3,8-9H2,1-2H3,(H,15,17). The fourth-order valence-corrected chi connectivity index (χ4v) is 2.24. The maximum atomic E-state index is 12.2. The minimum absolute atomic E-state index is 0.129. The van der Waals surface area contributed by atoms with Crippen LogP contribution in [0, 0.1) is 5.92 Å². The topological polar surface area (TPSA) is 58.6 Å². The van der Waals surface area contributed by atoms with Crippen LogP contribution in [-0.4, -0.2) is 32.0 Å². The molecule has 0 spiro atoms. The molecule has 1 N–H and O–H groups in total. The first-order valence-electron chi connectivity index (χ1n) is 6.40. The molecule has 1 aliphatic rings. The first kappa shape index (κ1) is 13.4. The average Bonchev–Trinajstić information content (AvgIpc) is 2.81. The maximum Gasteiger partial charge on any atom is 0.239 e. The van der Waals surface area contributed by atoms with Gasteiger partial charge in [-0.05, 0) is 37.6 Å². The molecule has 102 valence electrons. The normalized spacial score (nSPS) is 18.5. The monoisotopic (exact) mass is 262 g/mol. The summed E-state index contributed by atoms with van der Waals surface area (Å²) < 4.78 is 5.08. The van der Waals surface area contributed by atoms with E-state index >= 15 is 0 Å². The number of nitrogens with one attached hydrogen (secondary N) is 1. The first-order chi connectivity index (χ1) is 9.17. The van der Waals surface area contributed by atoms with Crippen LogP contribution >= 0.6 is 0 Å². The summed E-state index contributed by atoms with van der Waals surface area (Å²) in [6.07, 6.45) is 0.566. The van der Waals surface area contributed by atoms with Gasteiger partial charge in [-0.3, -0.25) is 9.59 Å². The number of carbonyl (C=O) groups excluding carboxylic acids is 2. The van der Waals surface area contributed by atoms with E-state index in [2.05, 4.69) is 5.32 Å². The van der Waals surface area contributed by atoms with Crippen LogP contribution in [0.25, 0.3) is 0 Å². The molecule has 1 aromatic carbocycles. The third kappa shape index (κ3) is 2.70. The van der Waals surface area contributed by atoms with Crippen molar-refractivity contribution in [3.05, 3.63) is 24.3 Å². The summed E-state index contributed by atoms with van der Waals surface area (Å²) in [5.41, 5.74) is 0.803. The van der Waals surface area contributed by atoms with E-state index in [0.29, 0.717) is 19.5 Å². The van der Waals surface area contributed by atoms with Crippen molar-refractivity contribution in [3.8, 4) is 5.75 Å². The van der Waals surface area contributed by atoms with Crippen LogP contribution in [0.15, 0.2) is 24.3 Å².